The number of hydrogen-bond acceptors (Lipinski definition) is 3. The second-order valence-corrected chi connectivity index (χ2v) is 4.66. The number of anilines is 1. The number of rotatable bonds is 2. The fraction of sp³-hybridized carbons (Fsp3) is 0.462. The molecule has 86 valence electrons. The van der Waals surface area contributed by atoms with Crippen molar-refractivity contribution in [2.75, 3.05) is 25.9 Å². The minimum absolute atomic E-state index is 0.363. The number of para-hydroxylation sites is 1. The van der Waals surface area contributed by atoms with Gasteiger partial charge in [-0.3, -0.25) is 0 Å². The molecular weight excluding hydrogens is 200 g/mol. The van der Waals surface area contributed by atoms with Gasteiger partial charge < -0.3 is 15.4 Å². The summed E-state index contributed by atoms with van der Waals surface area (Å²) in [7, 11) is 2.09. The smallest absolute Gasteiger partial charge is 0.130 e. The minimum atomic E-state index is -0.363. The van der Waals surface area contributed by atoms with Crippen LogP contribution < -0.4 is 5.73 Å². The summed E-state index contributed by atoms with van der Waals surface area (Å²) in [6.07, 6.45) is 2.81. The molecule has 0 unspecified atom stereocenters. The number of benzene rings is 1. The maximum Gasteiger partial charge on any atom is 0.130 e. The highest BCUT2D eigenvalue weighted by Gasteiger charge is 2.36. The summed E-state index contributed by atoms with van der Waals surface area (Å²) in [4.78, 5) is 13.7. The van der Waals surface area contributed by atoms with Gasteiger partial charge in [-0.2, -0.15) is 0 Å². The monoisotopic (exact) mass is 218 g/mol. The molecule has 1 fully saturated rings. The lowest BCUT2D eigenvalue weighted by Crippen LogP contribution is -2.42. The van der Waals surface area contributed by atoms with Gasteiger partial charge in [0.05, 0.1) is 5.41 Å². The molecular formula is C13H18N2O. The SMILES string of the molecule is CN1CCC(C=O)(c2ccccc2N)CC1. The molecule has 1 aliphatic rings. The Hall–Kier alpha value is -1.35. The zero-order valence-corrected chi connectivity index (χ0v) is 9.65. The lowest BCUT2D eigenvalue weighted by molar-refractivity contribution is -0.114. The molecule has 0 spiro atoms. The second-order valence-electron chi connectivity index (χ2n) is 4.66. The van der Waals surface area contributed by atoms with Gasteiger partial charge in [0.15, 0.2) is 0 Å². The highest BCUT2D eigenvalue weighted by molar-refractivity contribution is 5.73. The molecule has 0 amide bonds. The summed E-state index contributed by atoms with van der Waals surface area (Å²) in [5.41, 5.74) is 7.34. The average Bonchev–Trinajstić information content (AvgIpc) is 2.32. The van der Waals surface area contributed by atoms with Crippen LogP contribution in [0.3, 0.4) is 0 Å². The predicted octanol–water partition coefficient (Wildman–Crippen LogP) is 1.43. The first-order valence-corrected chi connectivity index (χ1v) is 5.68. The Morgan fingerprint density at radius 2 is 1.94 bits per heavy atom. The van der Waals surface area contributed by atoms with E-state index in [-0.39, 0.29) is 5.41 Å². The maximum atomic E-state index is 11.5. The van der Waals surface area contributed by atoms with E-state index in [9.17, 15) is 4.79 Å². The number of piperidine rings is 1. The Labute approximate surface area is 96.2 Å². The van der Waals surface area contributed by atoms with Crippen LogP contribution in [0.2, 0.25) is 0 Å². The summed E-state index contributed by atoms with van der Waals surface area (Å²) >= 11 is 0. The van der Waals surface area contributed by atoms with Gasteiger partial charge in [0.1, 0.15) is 6.29 Å². The Morgan fingerprint density at radius 1 is 1.31 bits per heavy atom. The summed E-state index contributed by atoms with van der Waals surface area (Å²) in [5.74, 6) is 0. The van der Waals surface area contributed by atoms with Crippen molar-refractivity contribution in [1.82, 2.24) is 4.90 Å². The molecule has 2 rings (SSSR count). The topological polar surface area (TPSA) is 46.3 Å². The summed E-state index contributed by atoms with van der Waals surface area (Å²) in [5, 5.41) is 0. The molecule has 16 heavy (non-hydrogen) atoms. The van der Waals surface area contributed by atoms with Crippen LogP contribution in [0, 0.1) is 0 Å². The molecule has 1 heterocycles. The fourth-order valence-corrected chi connectivity index (χ4v) is 2.42. The van der Waals surface area contributed by atoms with E-state index in [1.807, 2.05) is 24.3 Å². The van der Waals surface area contributed by atoms with Crippen molar-refractivity contribution >= 4 is 12.0 Å². The molecule has 0 atom stereocenters. The summed E-state index contributed by atoms with van der Waals surface area (Å²) in [6, 6.07) is 7.72. The second kappa shape index (κ2) is 4.26. The average molecular weight is 218 g/mol. The van der Waals surface area contributed by atoms with E-state index in [1.54, 1.807) is 0 Å². The fourth-order valence-electron chi connectivity index (χ4n) is 2.42. The van der Waals surface area contributed by atoms with Crippen molar-refractivity contribution < 1.29 is 4.79 Å². The quantitative estimate of drug-likeness (QED) is 0.603. The van der Waals surface area contributed by atoms with Crippen molar-refractivity contribution in [3.05, 3.63) is 29.8 Å². The number of aldehydes is 1. The highest BCUT2D eigenvalue weighted by Crippen LogP contribution is 2.36. The third-order valence-corrected chi connectivity index (χ3v) is 3.60. The molecule has 1 aromatic carbocycles. The first kappa shape index (κ1) is 11.1. The molecule has 0 bridgehead atoms. The van der Waals surface area contributed by atoms with Crippen molar-refractivity contribution in [2.24, 2.45) is 0 Å². The van der Waals surface area contributed by atoms with E-state index in [2.05, 4.69) is 11.9 Å². The number of nitrogens with zero attached hydrogens (tertiary/aromatic N) is 1. The number of nitrogens with two attached hydrogens (primary N) is 1. The summed E-state index contributed by atoms with van der Waals surface area (Å²) in [6.45, 7) is 1.90. The van der Waals surface area contributed by atoms with Gasteiger partial charge in [0.2, 0.25) is 0 Å². The zero-order chi connectivity index (χ0) is 11.6. The number of nitrogen functional groups attached to an aromatic ring is 1. The Bertz CT molecular complexity index is 381. The first-order chi connectivity index (χ1) is 7.68. The third-order valence-electron chi connectivity index (χ3n) is 3.60. The van der Waals surface area contributed by atoms with E-state index in [0.29, 0.717) is 0 Å². The predicted molar refractivity (Wildman–Crippen MR) is 65.3 cm³/mol. The van der Waals surface area contributed by atoms with Crippen molar-refractivity contribution in [3.8, 4) is 0 Å². The van der Waals surface area contributed by atoms with Crippen LogP contribution in [0.1, 0.15) is 18.4 Å². The standard InChI is InChI=1S/C13H18N2O/c1-15-8-6-13(10-16,7-9-15)11-4-2-3-5-12(11)14/h2-5,10H,6-9,14H2,1H3. The van der Waals surface area contributed by atoms with Crippen LogP contribution in [0.25, 0.3) is 0 Å². The van der Waals surface area contributed by atoms with Gasteiger partial charge >= 0.3 is 0 Å². The van der Waals surface area contributed by atoms with E-state index in [4.69, 9.17) is 5.73 Å². The maximum absolute atomic E-state index is 11.5. The lowest BCUT2D eigenvalue weighted by Gasteiger charge is -2.37. The Morgan fingerprint density at radius 3 is 2.50 bits per heavy atom. The van der Waals surface area contributed by atoms with Crippen LogP contribution in [0.5, 0.6) is 0 Å². The number of likely N-dealkylation sites (tertiary alicyclic amines) is 1. The van der Waals surface area contributed by atoms with Crippen molar-refractivity contribution in [3.63, 3.8) is 0 Å². The van der Waals surface area contributed by atoms with E-state index in [1.165, 1.54) is 0 Å². The van der Waals surface area contributed by atoms with Crippen LogP contribution in [-0.4, -0.2) is 31.3 Å². The lowest BCUT2D eigenvalue weighted by atomic mass is 9.73. The van der Waals surface area contributed by atoms with Crippen molar-refractivity contribution in [1.29, 1.82) is 0 Å². The third kappa shape index (κ3) is 1.83. The molecule has 3 heteroatoms. The van der Waals surface area contributed by atoms with Crippen LogP contribution in [-0.2, 0) is 10.2 Å². The molecule has 0 aliphatic carbocycles. The zero-order valence-electron chi connectivity index (χ0n) is 9.65. The number of carbonyl (C=O) groups is 1. The highest BCUT2D eigenvalue weighted by atomic mass is 16.1. The van der Waals surface area contributed by atoms with Gasteiger partial charge in [-0.1, -0.05) is 18.2 Å². The van der Waals surface area contributed by atoms with E-state index >= 15 is 0 Å². The largest absolute Gasteiger partial charge is 0.398 e. The van der Waals surface area contributed by atoms with Gasteiger partial charge in [-0.15, -0.1) is 0 Å². The number of hydrogen-bond donors (Lipinski definition) is 1. The molecule has 0 radical (unpaired) electrons. The Kier molecular flexibility index (Phi) is 2.97. The molecule has 2 N–H and O–H groups in total. The minimum Gasteiger partial charge on any atom is -0.398 e. The van der Waals surface area contributed by atoms with Crippen molar-refractivity contribution in [2.45, 2.75) is 18.3 Å². The normalized spacial score (nSPS) is 20.6. The van der Waals surface area contributed by atoms with E-state index < -0.39 is 0 Å². The summed E-state index contributed by atoms with van der Waals surface area (Å²) < 4.78 is 0. The molecule has 0 saturated carbocycles. The van der Waals surface area contributed by atoms with Crippen LogP contribution >= 0.6 is 0 Å². The first-order valence-electron chi connectivity index (χ1n) is 5.68. The van der Waals surface area contributed by atoms with Gasteiger partial charge in [-0.25, -0.2) is 0 Å². The molecule has 1 saturated heterocycles. The Balaban J connectivity index is 2.35. The van der Waals surface area contributed by atoms with E-state index in [0.717, 1.165) is 43.5 Å². The number of carbonyl (C=O) groups excluding carboxylic acids is 1. The van der Waals surface area contributed by atoms with Crippen LogP contribution in [0.4, 0.5) is 5.69 Å². The molecule has 0 aromatic heterocycles. The van der Waals surface area contributed by atoms with Gasteiger partial charge in [0.25, 0.3) is 0 Å². The molecule has 3 nitrogen and oxygen atoms in total. The van der Waals surface area contributed by atoms with Gasteiger partial charge in [0, 0.05) is 5.69 Å². The van der Waals surface area contributed by atoms with Gasteiger partial charge in [-0.05, 0) is 44.6 Å². The van der Waals surface area contributed by atoms with Crippen LogP contribution in [0.15, 0.2) is 24.3 Å². The molecule has 1 aromatic rings. The molecule has 1 aliphatic heterocycles.